The van der Waals surface area contributed by atoms with Crippen molar-refractivity contribution in [1.82, 2.24) is 20.8 Å². The molecule has 7 heteroatoms. The molecule has 0 saturated heterocycles. The molecule has 0 bridgehead atoms. The minimum Gasteiger partial charge on any atom is -0.497 e. The molecule has 1 aromatic heterocycles. The summed E-state index contributed by atoms with van der Waals surface area (Å²) >= 11 is 0. The molecule has 0 aliphatic carbocycles. The summed E-state index contributed by atoms with van der Waals surface area (Å²) < 4.78 is 10.5. The number of nitrogens with one attached hydrogen (secondary N) is 2. The second kappa shape index (κ2) is 11.0. The highest BCUT2D eigenvalue weighted by atomic mass is 16.5. The summed E-state index contributed by atoms with van der Waals surface area (Å²) in [6.45, 7) is 3.61. The van der Waals surface area contributed by atoms with Gasteiger partial charge in [0.1, 0.15) is 5.75 Å². The molecule has 0 fully saturated rings. The molecular weight excluding hydrogens is 378 g/mol. The number of guanidine groups is 1. The molecular formula is C23H29N5O2. The SMILES string of the molecule is CCc1noc(-c2ccc(CCNC(=NC)NCCc3ccc(OC)cc3)cc2)n1. The lowest BCUT2D eigenvalue weighted by atomic mass is 10.1. The van der Waals surface area contributed by atoms with Crippen LogP contribution in [0.3, 0.4) is 0 Å². The van der Waals surface area contributed by atoms with E-state index in [0.717, 1.165) is 55.4 Å². The third kappa shape index (κ3) is 6.07. The van der Waals surface area contributed by atoms with Crippen LogP contribution in [0.5, 0.6) is 5.75 Å². The fourth-order valence-electron chi connectivity index (χ4n) is 2.99. The van der Waals surface area contributed by atoms with E-state index in [1.807, 2.05) is 31.2 Å². The molecule has 0 aliphatic rings. The van der Waals surface area contributed by atoms with E-state index >= 15 is 0 Å². The summed E-state index contributed by atoms with van der Waals surface area (Å²) in [5.41, 5.74) is 3.43. The molecule has 7 nitrogen and oxygen atoms in total. The second-order valence-corrected chi connectivity index (χ2v) is 6.84. The van der Waals surface area contributed by atoms with Gasteiger partial charge >= 0.3 is 0 Å². The first kappa shape index (κ1) is 21.4. The van der Waals surface area contributed by atoms with Crippen LogP contribution in [-0.4, -0.2) is 43.3 Å². The molecule has 3 aromatic rings. The number of hydrogen-bond acceptors (Lipinski definition) is 5. The number of ether oxygens (including phenoxy) is 1. The van der Waals surface area contributed by atoms with Gasteiger partial charge in [0.15, 0.2) is 11.8 Å². The Kier molecular flexibility index (Phi) is 7.83. The highest BCUT2D eigenvalue weighted by Crippen LogP contribution is 2.18. The monoisotopic (exact) mass is 407 g/mol. The van der Waals surface area contributed by atoms with E-state index in [2.05, 4.69) is 50.0 Å². The minimum absolute atomic E-state index is 0.568. The van der Waals surface area contributed by atoms with Crippen LogP contribution < -0.4 is 15.4 Å². The van der Waals surface area contributed by atoms with Crippen LogP contribution in [0.1, 0.15) is 23.9 Å². The van der Waals surface area contributed by atoms with Gasteiger partial charge < -0.3 is 19.9 Å². The van der Waals surface area contributed by atoms with Crippen LogP contribution in [0.4, 0.5) is 0 Å². The molecule has 2 N–H and O–H groups in total. The van der Waals surface area contributed by atoms with Gasteiger partial charge in [-0.25, -0.2) is 0 Å². The standard InChI is InChI=1S/C23H29N5O2/c1-4-21-27-22(30-28-21)19-9-5-17(6-10-19)13-15-25-23(24-2)26-16-14-18-7-11-20(29-3)12-8-18/h5-12H,4,13-16H2,1-3H3,(H2,24,25,26). The zero-order valence-electron chi connectivity index (χ0n) is 17.8. The van der Waals surface area contributed by atoms with Crippen LogP contribution in [0.25, 0.3) is 11.5 Å². The first-order valence-electron chi connectivity index (χ1n) is 10.2. The number of nitrogens with zero attached hydrogens (tertiary/aromatic N) is 3. The lowest BCUT2D eigenvalue weighted by Gasteiger charge is -2.12. The zero-order chi connectivity index (χ0) is 21.2. The quantitative estimate of drug-likeness (QED) is 0.418. The maximum atomic E-state index is 5.29. The van der Waals surface area contributed by atoms with E-state index in [0.29, 0.717) is 5.89 Å². The van der Waals surface area contributed by atoms with Gasteiger partial charge in [0.25, 0.3) is 5.89 Å². The van der Waals surface area contributed by atoms with Gasteiger partial charge in [0.2, 0.25) is 0 Å². The Morgan fingerprint density at radius 2 is 1.57 bits per heavy atom. The Hall–Kier alpha value is -3.35. The van der Waals surface area contributed by atoms with Crippen LogP contribution >= 0.6 is 0 Å². The van der Waals surface area contributed by atoms with Gasteiger partial charge in [0, 0.05) is 32.1 Å². The lowest BCUT2D eigenvalue weighted by molar-refractivity contribution is 0.414. The highest BCUT2D eigenvalue weighted by molar-refractivity contribution is 5.79. The Morgan fingerprint density at radius 3 is 2.07 bits per heavy atom. The molecule has 158 valence electrons. The molecule has 1 heterocycles. The zero-order valence-corrected chi connectivity index (χ0v) is 17.8. The Balaban J connectivity index is 1.40. The average Bonchev–Trinajstić information content (AvgIpc) is 3.28. The van der Waals surface area contributed by atoms with Crippen molar-refractivity contribution in [3.63, 3.8) is 0 Å². The summed E-state index contributed by atoms with van der Waals surface area (Å²) in [6.07, 6.45) is 2.58. The van der Waals surface area contributed by atoms with Gasteiger partial charge in [0.05, 0.1) is 7.11 Å². The third-order valence-corrected chi connectivity index (χ3v) is 4.78. The number of aliphatic imine (C=N–C) groups is 1. The Morgan fingerprint density at radius 1 is 0.967 bits per heavy atom. The first-order chi connectivity index (χ1) is 14.7. The summed E-state index contributed by atoms with van der Waals surface area (Å²) in [4.78, 5) is 8.65. The molecule has 2 aromatic carbocycles. The van der Waals surface area contributed by atoms with Crippen LogP contribution in [-0.2, 0) is 19.3 Å². The fraction of sp³-hybridized carbons (Fsp3) is 0.348. The number of benzene rings is 2. The van der Waals surface area contributed by atoms with E-state index in [-0.39, 0.29) is 0 Å². The number of rotatable bonds is 9. The third-order valence-electron chi connectivity index (χ3n) is 4.78. The summed E-state index contributed by atoms with van der Waals surface area (Å²) in [7, 11) is 3.46. The minimum atomic E-state index is 0.568. The van der Waals surface area contributed by atoms with Crippen molar-refractivity contribution in [1.29, 1.82) is 0 Å². The van der Waals surface area contributed by atoms with Crippen molar-refractivity contribution >= 4 is 5.96 Å². The Labute approximate surface area is 177 Å². The predicted octanol–water partition coefficient (Wildman–Crippen LogP) is 3.26. The van der Waals surface area contributed by atoms with Crippen molar-refractivity contribution < 1.29 is 9.26 Å². The Bertz CT molecular complexity index is 933. The summed E-state index contributed by atoms with van der Waals surface area (Å²) in [5, 5.41) is 10.7. The fourth-order valence-corrected chi connectivity index (χ4v) is 2.99. The van der Waals surface area contributed by atoms with Crippen molar-refractivity contribution in [2.75, 3.05) is 27.2 Å². The van der Waals surface area contributed by atoms with Crippen molar-refractivity contribution in [2.45, 2.75) is 26.2 Å². The van der Waals surface area contributed by atoms with Gasteiger partial charge in [-0.15, -0.1) is 0 Å². The molecule has 0 amide bonds. The molecule has 0 saturated carbocycles. The number of hydrogen-bond donors (Lipinski definition) is 2. The molecule has 0 unspecified atom stereocenters. The number of aryl methyl sites for hydroxylation is 1. The van der Waals surface area contributed by atoms with Crippen molar-refractivity contribution in [3.05, 3.63) is 65.5 Å². The van der Waals surface area contributed by atoms with Crippen LogP contribution in [0, 0.1) is 0 Å². The van der Waals surface area contributed by atoms with E-state index in [4.69, 9.17) is 9.26 Å². The average molecular weight is 408 g/mol. The van der Waals surface area contributed by atoms with Gasteiger partial charge in [-0.3, -0.25) is 4.99 Å². The van der Waals surface area contributed by atoms with E-state index in [9.17, 15) is 0 Å². The van der Waals surface area contributed by atoms with E-state index in [1.54, 1.807) is 14.2 Å². The molecule has 3 rings (SSSR count). The highest BCUT2D eigenvalue weighted by Gasteiger charge is 2.07. The van der Waals surface area contributed by atoms with Crippen molar-refractivity contribution in [3.8, 4) is 17.2 Å². The molecule has 0 radical (unpaired) electrons. The predicted molar refractivity (Wildman–Crippen MR) is 119 cm³/mol. The second-order valence-electron chi connectivity index (χ2n) is 6.84. The largest absolute Gasteiger partial charge is 0.497 e. The lowest BCUT2D eigenvalue weighted by Crippen LogP contribution is -2.39. The maximum Gasteiger partial charge on any atom is 0.257 e. The molecule has 0 atom stereocenters. The van der Waals surface area contributed by atoms with E-state index < -0.39 is 0 Å². The number of methoxy groups -OCH3 is 1. The first-order valence-corrected chi connectivity index (χ1v) is 10.2. The topological polar surface area (TPSA) is 84.6 Å². The van der Waals surface area contributed by atoms with E-state index in [1.165, 1.54) is 11.1 Å². The van der Waals surface area contributed by atoms with Crippen LogP contribution in [0.15, 0.2) is 58.0 Å². The summed E-state index contributed by atoms with van der Waals surface area (Å²) in [6, 6.07) is 16.3. The molecule has 30 heavy (non-hydrogen) atoms. The molecule has 0 aliphatic heterocycles. The normalized spacial score (nSPS) is 11.4. The van der Waals surface area contributed by atoms with Gasteiger partial charge in [-0.2, -0.15) is 4.98 Å². The number of aromatic nitrogens is 2. The van der Waals surface area contributed by atoms with Crippen molar-refractivity contribution in [2.24, 2.45) is 4.99 Å². The summed E-state index contributed by atoms with van der Waals surface area (Å²) in [5.74, 6) is 2.97. The van der Waals surface area contributed by atoms with Gasteiger partial charge in [-0.1, -0.05) is 36.3 Å². The maximum absolute atomic E-state index is 5.29. The smallest absolute Gasteiger partial charge is 0.257 e. The van der Waals surface area contributed by atoms with Gasteiger partial charge in [-0.05, 0) is 48.2 Å². The molecule has 0 spiro atoms. The van der Waals surface area contributed by atoms with Crippen LogP contribution in [0.2, 0.25) is 0 Å².